The van der Waals surface area contributed by atoms with E-state index < -0.39 is 0 Å². The lowest BCUT2D eigenvalue weighted by atomic mass is 9.99. The van der Waals surface area contributed by atoms with Gasteiger partial charge in [0.1, 0.15) is 11.6 Å². The molecule has 27 heavy (non-hydrogen) atoms. The van der Waals surface area contributed by atoms with Crippen molar-refractivity contribution in [2.45, 2.75) is 6.92 Å². The van der Waals surface area contributed by atoms with Crippen LogP contribution in [0.3, 0.4) is 0 Å². The van der Waals surface area contributed by atoms with E-state index in [1.807, 2.05) is 37.4 Å². The van der Waals surface area contributed by atoms with Gasteiger partial charge in [0.05, 0.1) is 12.6 Å². The van der Waals surface area contributed by atoms with Crippen LogP contribution in [0.1, 0.15) is 5.56 Å². The van der Waals surface area contributed by atoms with E-state index >= 15 is 0 Å². The first kappa shape index (κ1) is 17.0. The van der Waals surface area contributed by atoms with Gasteiger partial charge in [-0.25, -0.2) is 9.97 Å². The third-order valence-electron chi connectivity index (χ3n) is 4.57. The lowest BCUT2D eigenvalue weighted by Gasteiger charge is -2.14. The van der Waals surface area contributed by atoms with E-state index in [0.717, 1.165) is 44.7 Å². The van der Waals surface area contributed by atoms with Gasteiger partial charge in [0, 0.05) is 36.0 Å². The fourth-order valence-corrected chi connectivity index (χ4v) is 3.26. The van der Waals surface area contributed by atoms with Crippen LogP contribution in [-0.2, 0) is 0 Å². The number of pyridine rings is 1. The first-order chi connectivity index (χ1) is 13.2. The number of rotatable bonds is 4. The molecule has 0 radical (unpaired) electrons. The van der Waals surface area contributed by atoms with Gasteiger partial charge in [0.15, 0.2) is 5.82 Å². The Bertz CT molecular complexity index is 1110. The molecule has 0 aliphatic carbocycles. The number of hydrogen-bond donors (Lipinski definition) is 1. The predicted molar refractivity (Wildman–Crippen MR) is 109 cm³/mol. The van der Waals surface area contributed by atoms with Crippen molar-refractivity contribution < 1.29 is 4.74 Å². The molecule has 0 saturated heterocycles. The van der Waals surface area contributed by atoms with Gasteiger partial charge in [0.25, 0.3) is 0 Å². The lowest BCUT2D eigenvalue weighted by Crippen LogP contribution is -2.00. The van der Waals surface area contributed by atoms with E-state index in [1.165, 1.54) is 0 Å². The van der Waals surface area contributed by atoms with Crippen molar-refractivity contribution in [1.82, 2.24) is 15.0 Å². The molecule has 2 aromatic heterocycles. The lowest BCUT2D eigenvalue weighted by molar-refractivity contribution is 0.416. The van der Waals surface area contributed by atoms with E-state index in [9.17, 15) is 0 Å². The topological polar surface area (TPSA) is 59.9 Å². The maximum absolute atomic E-state index is 5.53. The second-order valence-corrected chi connectivity index (χ2v) is 6.28. The van der Waals surface area contributed by atoms with E-state index in [0.29, 0.717) is 5.82 Å². The highest BCUT2D eigenvalue weighted by Gasteiger charge is 2.14. The first-order valence-electron chi connectivity index (χ1n) is 8.75. The van der Waals surface area contributed by atoms with Gasteiger partial charge < -0.3 is 10.1 Å². The van der Waals surface area contributed by atoms with Crippen LogP contribution >= 0.6 is 0 Å². The molecule has 4 rings (SSSR count). The number of aryl methyl sites for hydroxylation is 1. The van der Waals surface area contributed by atoms with E-state index in [-0.39, 0.29) is 0 Å². The summed E-state index contributed by atoms with van der Waals surface area (Å²) in [6.45, 7) is 2.07. The number of methoxy groups -OCH3 is 1. The molecule has 1 N–H and O–H groups in total. The Morgan fingerprint density at radius 3 is 2.56 bits per heavy atom. The number of para-hydroxylation sites is 1. The highest BCUT2D eigenvalue weighted by atomic mass is 16.5. The second kappa shape index (κ2) is 7.03. The van der Waals surface area contributed by atoms with Crippen molar-refractivity contribution >= 4 is 16.7 Å². The fraction of sp³-hybridized carbons (Fsp3) is 0.136. The summed E-state index contributed by atoms with van der Waals surface area (Å²) in [6, 6.07) is 16.1. The molecule has 5 heteroatoms. The number of nitrogens with one attached hydrogen (secondary N) is 1. The molecule has 0 fully saturated rings. The maximum Gasteiger partial charge on any atom is 0.163 e. The van der Waals surface area contributed by atoms with E-state index in [4.69, 9.17) is 14.7 Å². The van der Waals surface area contributed by atoms with Crippen LogP contribution in [0.5, 0.6) is 5.75 Å². The molecular weight excluding hydrogens is 336 g/mol. The normalized spacial score (nSPS) is 10.8. The van der Waals surface area contributed by atoms with Crippen LogP contribution in [0.25, 0.3) is 33.4 Å². The zero-order chi connectivity index (χ0) is 18.8. The summed E-state index contributed by atoms with van der Waals surface area (Å²) in [5.41, 5.74) is 5.02. The Labute approximate surface area is 158 Å². The Hall–Kier alpha value is -3.47. The Morgan fingerprint density at radius 2 is 1.81 bits per heavy atom. The second-order valence-electron chi connectivity index (χ2n) is 6.28. The summed E-state index contributed by atoms with van der Waals surface area (Å²) in [7, 11) is 3.56. The number of fused-ring (bicyclic) bond motifs is 1. The average Bonchev–Trinajstić information content (AvgIpc) is 2.73. The third-order valence-corrected chi connectivity index (χ3v) is 4.57. The van der Waals surface area contributed by atoms with Crippen molar-refractivity contribution in [3.05, 3.63) is 66.5 Å². The molecule has 134 valence electrons. The smallest absolute Gasteiger partial charge is 0.163 e. The summed E-state index contributed by atoms with van der Waals surface area (Å²) in [6.07, 6.45) is 3.52. The first-order valence-corrected chi connectivity index (χ1v) is 8.75. The van der Waals surface area contributed by atoms with Crippen LogP contribution in [0.15, 0.2) is 60.9 Å². The molecular formula is C22H20N4O. The molecule has 0 spiro atoms. The quantitative estimate of drug-likeness (QED) is 0.573. The minimum atomic E-state index is 0.660. The summed E-state index contributed by atoms with van der Waals surface area (Å²) >= 11 is 0. The van der Waals surface area contributed by atoms with Gasteiger partial charge in [-0.05, 0) is 48.4 Å². The molecule has 2 heterocycles. The highest BCUT2D eigenvalue weighted by molar-refractivity contribution is 5.96. The minimum Gasteiger partial charge on any atom is -0.496 e. The average molecular weight is 356 g/mol. The summed E-state index contributed by atoms with van der Waals surface area (Å²) in [4.78, 5) is 13.7. The molecule has 4 aromatic rings. The van der Waals surface area contributed by atoms with Gasteiger partial charge in [-0.15, -0.1) is 0 Å². The van der Waals surface area contributed by atoms with Crippen LogP contribution in [0.4, 0.5) is 5.82 Å². The van der Waals surface area contributed by atoms with Gasteiger partial charge in [-0.1, -0.05) is 18.2 Å². The van der Waals surface area contributed by atoms with E-state index in [2.05, 4.69) is 35.4 Å². The summed E-state index contributed by atoms with van der Waals surface area (Å²) in [5, 5.41) is 4.19. The molecule has 0 saturated carbocycles. The predicted octanol–water partition coefficient (Wildman–Crippen LogP) is 4.72. The van der Waals surface area contributed by atoms with Gasteiger partial charge >= 0.3 is 0 Å². The van der Waals surface area contributed by atoms with Crippen molar-refractivity contribution in [3.63, 3.8) is 0 Å². The van der Waals surface area contributed by atoms with Gasteiger partial charge in [-0.3, -0.25) is 4.98 Å². The molecule has 0 bridgehead atoms. The summed E-state index contributed by atoms with van der Waals surface area (Å²) < 4.78 is 5.53. The molecule has 0 atom stereocenters. The van der Waals surface area contributed by atoms with Crippen molar-refractivity contribution in [2.24, 2.45) is 0 Å². The number of hydrogen-bond acceptors (Lipinski definition) is 5. The summed E-state index contributed by atoms with van der Waals surface area (Å²) in [5.74, 6) is 2.29. The Balaban J connectivity index is 1.95. The SMILES string of the molecule is CNc1nc(-c2cccnc2)nc2c(C)cc(-c3ccccc3OC)cc12. The number of ether oxygens (including phenoxy) is 1. The highest BCUT2D eigenvalue weighted by Crippen LogP contribution is 2.35. The molecule has 2 aromatic carbocycles. The Kier molecular flexibility index (Phi) is 4.42. The van der Waals surface area contributed by atoms with Crippen LogP contribution in [0.2, 0.25) is 0 Å². The minimum absolute atomic E-state index is 0.660. The standard InChI is InChI=1S/C22H20N4O/c1-14-11-16(17-8-4-5-9-19(17)27-3)12-18-20(14)25-21(26-22(18)23-2)15-7-6-10-24-13-15/h4-13H,1-3H3,(H,23,25,26). The number of anilines is 1. The van der Waals surface area contributed by atoms with Gasteiger partial charge in [-0.2, -0.15) is 0 Å². The Morgan fingerprint density at radius 1 is 0.963 bits per heavy atom. The number of aromatic nitrogens is 3. The zero-order valence-electron chi connectivity index (χ0n) is 15.5. The van der Waals surface area contributed by atoms with Crippen molar-refractivity contribution in [2.75, 3.05) is 19.5 Å². The monoisotopic (exact) mass is 356 g/mol. The molecule has 0 unspecified atom stereocenters. The molecule has 5 nitrogen and oxygen atoms in total. The number of nitrogens with zero attached hydrogens (tertiary/aromatic N) is 3. The van der Waals surface area contributed by atoms with Gasteiger partial charge in [0.2, 0.25) is 0 Å². The largest absolute Gasteiger partial charge is 0.496 e. The maximum atomic E-state index is 5.53. The van der Waals surface area contributed by atoms with Crippen LogP contribution < -0.4 is 10.1 Å². The van der Waals surface area contributed by atoms with Crippen LogP contribution in [-0.4, -0.2) is 29.1 Å². The molecule has 0 aliphatic heterocycles. The number of benzene rings is 2. The molecule has 0 aliphatic rings. The van der Waals surface area contributed by atoms with E-state index in [1.54, 1.807) is 19.5 Å². The fourth-order valence-electron chi connectivity index (χ4n) is 3.26. The molecule has 0 amide bonds. The van der Waals surface area contributed by atoms with Crippen LogP contribution in [0, 0.1) is 6.92 Å². The van der Waals surface area contributed by atoms with Crippen molar-refractivity contribution in [1.29, 1.82) is 0 Å². The van der Waals surface area contributed by atoms with Crippen molar-refractivity contribution in [3.8, 4) is 28.3 Å². The third kappa shape index (κ3) is 3.08. The zero-order valence-corrected chi connectivity index (χ0v) is 15.5.